The number of halogens is 3. The highest BCUT2D eigenvalue weighted by molar-refractivity contribution is 5.90. The van der Waals surface area contributed by atoms with Gasteiger partial charge in [0.1, 0.15) is 5.82 Å². The number of carbonyl (C=O) groups excluding carboxylic acids is 1. The summed E-state index contributed by atoms with van der Waals surface area (Å²) >= 11 is 0. The third kappa shape index (κ3) is 4.80. The lowest BCUT2D eigenvalue weighted by Crippen LogP contribution is -2.74. The molecule has 176 valence electrons. The van der Waals surface area contributed by atoms with E-state index in [-0.39, 0.29) is 18.9 Å². The zero-order chi connectivity index (χ0) is 23.8. The molecule has 2 heterocycles. The first-order valence-corrected chi connectivity index (χ1v) is 10.8. The van der Waals surface area contributed by atoms with Crippen LogP contribution in [-0.2, 0) is 11.0 Å². The van der Waals surface area contributed by atoms with E-state index < -0.39 is 23.5 Å². The number of nitrogens with zero attached hydrogens (tertiary/aromatic N) is 3. The molecule has 1 atom stereocenters. The van der Waals surface area contributed by atoms with Gasteiger partial charge in [-0.25, -0.2) is 9.78 Å². The Kier molecular flexibility index (Phi) is 6.04. The number of amides is 1. The number of piperazine rings is 1. The molecule has 1 aromatic carbocycles. The van der Waals surface area contributed by atoms with Crippen molar-refractivity contribution in [2.45, 2.75) is 31.6 Å². The lowest BCUT2D eigenvalue weighted by molar-refractivity contribution is -0.137. The predicted molar refractivity (Wildman–Crippen MR) is 116 cm³/mol. The highest BCUT2D eigenvalue weighted by atomic mass is 19.4. The Morgan fingerprint density at radius 2 is 1.79 bits per heavy atom. The van der Waals surface area contributed by atoms with E-state index in [9.17, 15) is 27.9 Å². The summed E-state index contributed by atoms with van der Waals surface area (Å²) in [5.74, 6) is 0.736. The zero-order valence-electron chi connectivity index (χ0n) is 18.1. The van der Waals surface area contributed by atoms with Gasteiger partial charge in [-0.3, -0.25) is 15.0 Å². The van der Waals surface area contributed by atoms with Gasteiger partial charge in [-0.1, -0.05) is 12.1 Å². The Morgan fingerprint density at radius 1 is 1.12 bits per heavy atom. The molecule has 33 heavy (non-hydrogen) atoms. The van der Waals surface area contributed by atoms with Crippen LogP contribution in [0.3, 0.4) is 0 Å². The van der Waals surface area contributed by atoms with Crippen molar-refractivity contribution in [1.29, 1.82) is 0 Å². The Balaban J connectivity index is 1.54. The molecule has 2 aliphatic rings. The van der Waals surface area contributed by atoms with Crippen LogP contribution in [0.1, 0.15) is 25.3 Å². The number of benzene rings is 1. The minimum atomic E-state index is -4.39. The number of alkyl halides is 3. The van der Waals surface area contributed by atoms with Crippen molar-refractivity contribution in [1.82, 2.24) is 15.2 Å². The summed E-state index contributed by atoms with van der Waals surface area (Å²) in [6.45, 7) is 2.57. The molecular weight excluding hydrogens is 437 g/mol. The molecule has 2 aromatic rings. The number of nitrogens with one attached hydrogen (secondary N) is 1. The van der Waals surface area contributed by atoms with Gasteiger partial charge in [-0.05, 0) is 55.5 Å². The summed E-state index contributed by atoms with van der Waals surface area (Å²) < 4.78 is 38.4. The highest BCUT2D eigenvalue weighted by Gasteiger charge is 2.49. The number of Topliss-reactive ketones (excluding diaryl/α,β-unsaturated/α-hetero) is 1. The van der Waals surface area contributed by atoms with Gasteiger partial charge in [0.25, 0.3) is 0 Å². The van der Waals surface area contributed by atoms with Crippen molar-refractivity contribution in [3.05, 3.63) is 48.2 Å². The van der Waals surface area contributed by atoms with Crippen molar-refractivity contribution in [3.63, 3.8) is 0 Å². The van der Waals surface area contributed by atoms with Gasteiger partial charge in [-0.15, -0.1) is 0 Å². The summed E-state index contributed by atoms with van der Waals surface area (Å²) in [6, 6.07) is 8.33. The molecule has 1 saturated carbocycles. The van der Waals surface area contributed by atoms with E-state index in [0.717, 1.165) is 25.0 Å². The maximum absolute atomic E-state index is 12.8. The third-order valence-corrected chi connectivity index (χ3v) is 6.28. The number of pyridine rings is 1. The Labute approximate surface area is 189 Å². The molecule has 4 rings (SSSR count). The van der Waals surface area contributed by atoms with Crippen LogP contribution in [0.4, 0.5) is 23.8 Å². The average Bonchev–Trinajstić information content (AvgIpc) is 3.61. The summed E-state index contributed by atoms with van der Waals surface area (Å²) in [6.07, 6.45) is -1.86. The fraction of sp³-hybridized carbons (Fsp3) is 0.435. The summed E-state index contributed by atoms with van der Waals surface area (Å²) in [7, 11) is 0. The number of hydrogen-bond donors (Lipinski definition) is 2. The second-order valence-electron chi connectivity index (χ2n) is 8.58. The van der Waals surface area contributed by atoms with Gasteiger partial charge < -0.3 is 10.0 Å². The number of rotatable bonds is 6. The van der Waals surface area contributed by atoms with Crippen LogP contribution >= 0.6 is 0 Å². The number of carbonyl (C=O) groups is 2. The van der Waals surface area contributed by atoms with Crippen LogP contribution < -0.4 is 10.2 Å². The SMILES string of the molecule is CC(=O)C1(NCC2CC2)CN(c2ccc(-c3ccc(C(F)(F)F)cc3)cn2)CCN1C(=O)O. The standard InChI is InChI=1S/C23H25F3N4O3/c1-15(31)22(28-12-16-2-3-16)14-29(10-11-30(22)21(32)33)20-9-6-18(13-27-20)17-4-7-19(8-5-17)23(24,25)26/h4-9,13,16,28H,2-3,10-12,14H2,1H3,(H,32,33). The molecule has 1 unspecified atom stereocenters. The number of aromatic nitrogens is 1. The first kappa shape index (κ1) is 23.0. The van der Waals surface area contributed by atoms with Gasteiger partial charge in [0, 0.05) is 31.4 Å². The molecule has 1 aliphatic heterocycles. The van der Waals surface area contributed by atoms with Crippen molar-refractivity contribution < 1.29 is 27.9 Å². The van der Waals surface area contributed by atoms with Crippen LogP contribution in [0.5, 0.6) is 0 Å². The van der Waals surface area contributed by atoms with Gasteiger partial charge in [0.05, 0.1) is 12.1 Å². The van der Waals surface area contributed by atoms with Crippen molar-refractivity contribution in [2.24, 2.45) is 5.92 Å². The lowest BCUT2D eigenvalue weighted by Gasteiger charge is -2.48. The lowest BCUT2D eigenvalue weighted by atomic mass is 9.99. The van der Waals surface area contributed by atoms with Gasteiger partial charge >= 0.3 is 12.3 Å². The smallest absolute Gasteiger partial charge is 0.416 e. The van der Waals surface area contributed by atoms with E-state index in [1.54, 1.807) is 18.3 Å². The van der Waals surface area contributed by atoms with Crippen LogP contribution in [0.15, 0.2) is 42.6 Å². The molecule has 2 N–H and O–H groups in total. The van der Waals surface area contributed by atoms with Crippen molar-refractivity contribution in [2.75, 3.05) is 31.1 Å². The van der Waals surface area contributed by atoms with Crippen LogP contribution in [-0.4, -0.2) is 58.7 Å². The Hall–Kier alpha value is -3.14. The molecule has 1 aromatic heterocycles. The first-order chi connectivity index (χ1) is 15.6. The van der Waals surface area contributed by atoms with Gasteiger partial charge in [0.15, 0.2) is 11.4 Å². The average molecular weight is 462 g/mol. The van der Waals surface area contributed by atoms with Crippen LogP contribution in [0, 0.1) is 5.92 Å². The second kappa shape index (κ2) is 8.66. The summed E-state index contributed by atoms with van der Waals surface area (Å²) in [5.41, 5.74) is -0.824. The van der Waals surface area contributed by atoms with E-state index in [0.29, 0.717) is 36.0 Å². The Bertz CT molecular complexity index is 1020. The molecule has 7 nitrogen and oxygen atoms in total. The van der Waals surface area contributed by atoms with Crippen molar-refractivity contribution in [3.8, 4) is 11.1 Å². The van der Waals surface area contributed by atoms with E-state index in [1.807, 2.05) is 4.90 Å². The van der Waals surface area contributed by atoms with E-state index in [4.69, 9.17) is 0 Å². The van der Waals surface area contributed by atoms with E-state index in [1.165, 1.54) is 24.0 Å². The number of hydrogen-bond acceptors (Lipinski definition) is 5. The molecule has 0 spiro atoms. The summed E-state index contributed by atoms with van der Waals surface area (Å²) in [5, 5.41) is 12.9. The molecule has 1 aliphatic carbocycles. The Morgan fingerprint density at radius 3 is 2.30 bits per heavy atom. The van der Waals surface area contributed by atoms with Gasteiger partial charge in [-0.2, -0.15) is 13.2 Å². The third-order valence-electron chi connectivity index (χ3n) is 6.28. The largest absolute Gasteiger partial charge is 0.465 e. The first-order valence-electron chi connectivity index (χ1n) is 10.8. The molecule has 10 heteroatoms. The molecule has 0 bridgehead atoms. The fourth-order valence-corrected chi connectivity index (χ4v) is 4.11. The normalized spacial score (nSPS) is 21.2. The molecular formula is C23H25F3N4O3. The second-order valence-corrected chi connectivity index (χ2v) is 8.58. The monoisotopic (exact) mass is 462 g/mol. The molecule has 2 fully saturated rings. The number of carboxylic acid groups (broad SMARTS) is 1. The minimum Gasteiger partial charge on any atom is -0.465 e. The topological polar surface area (TPSA) is 85.8 Å². The van der Waals surface area contributed by atoms with Crippen LogP contribution in [0.2, 0.25) is 0 Å². The molecule has 0 radical (unpaired) electrons. The van der Waals surface area contributed by atoms with Crippen molar-refractivity contribution >= 4 is 17.7 Å². The number of anilines is 1. The zero-order valence-corrected chi connectivity index (χ0v) is 18.1. The fourth-order valence-electron chi connectivity index (χ4n) is 4.11. The maximum atomic E-state index is 12.8. The molecule has 1 saturated heterocycles. The predicted octanol–water partition coefficient (Wildman–Crippen LogP) is 3.85. The quantitative estimate of drug-likeness (QED) is 0.678. The van der Waals surface area contributed by atoms with E-state index in [2.05, 4.69) is 10.3 Å². The highest BCUT2D eigenvalue weighted by Crippen LogP contribution is 2.32. The van der Waals surface area contributed by atoms with E-state index >= 15 is 0 Å². The summed E-state index contributed by atoms with van der Waals surface area (Å²) in [4.78, 5) is 32.1. The van der Waals surface area contributed by atoms with Gasteiger partial charge in [0.2, 0.25) is 0 Å². The van der Waals surface area contributed by atoms with Crippen LogP contribution in [0.25, 0.3) is 11.1 Å². The molecule has 1 amide bonds. The maximum Gasteiger partial charge on any atom is 0.416 e. The number of ketones is 1. The minimum absolute atomic E-state index is 0.119.